The number of fused-ring (bicyclic) bond motifs is 1. The summed E-state index contributed by atoms with van der Waals surface area (Å²) in [6.45, 7) is 5.21. The third-order valence-electron chi connectivity index (χ3n) is 6.02. The Labute approximate surface area is 177 Å². The van der Waals surface area contributed by atoms with Crippen LogP contribution < -0.4 is 15.0 Å². The highest BCUT2D eigenvalue weighted by molar-refractivity contribution is 6.04. The molecule has 3 amide bonds. The molecule has 0 bridgehead atoms. The van der Waals surface area contributed by atoms with Crippen molar-refractivity contribution in [2.24, 2.45) is 0 Å². The molecular weight excluding hydrogens is 384 g/mol. The van der Waals surface area contributed by atoms with E-state index in [2.05, 4.69) is 10.2 Å². The molecule has 3 heterocycles. The van der Waals surface area contributed by atoms with Gasteiger partial charge in [-0.1, -0.05) is 0 Å². The van der Waals surface area contributed by atoms with Crippen molar-refractivity contribution in [1.82, 2.24) is 15.1 Å². The van der Waals surface area contributed by atoms with Gasteiger partial charge in [0.25, 0.3) is 11.8 Å². The molecule has 2 fully saturated rings. The maximum Gasteiger partial charge on any atom is 0.265 e. The van der Waals surface area contributed by atoms with Crippen LogP contribution in [0.15, 0.2) is 18.2 Å². The Balaban J connectivity index is 1.37. The highest BCUT2D eigenvalue weighted by atomic mass is 16.5. The highest BCUT2D eigenvalue weighted by Crippen LogP contribution is 2.33. The van der Waals surface area contributed by atoms with Crippen molar-refractivity contribution in [3.8, 4) is 5.75 Å². The second-order valence-corrected chi connectivity index (χ2v) is 8.20. The first kappa shape index (κ1) is 20.7. The van der Waals surface area contributed by atoms with E-state index in [1.54, 1.807) is 18.2 Å². The second-order valence-electron chi connectivity index (χ2n) is 8.20. The number of nitrogens with zero attached hydrogens (tertiary/aromatic N) is 3. The van der Waals surface area contributed by atoms with Crippen molar-refractivity contribution in [2.45, 2.75) is 32.1 Å². The molecule has 8 nitrogen and oxygen atoms in total. The van der Waals surface area contributed by atoms with E-state index in [9.17, 15) is 14.4 Å². The molecule has 1 N–H and O–H groups in total. The molecule has 0 saturated carbocycles. The van der Waals surface area contributed by atoms with Crippen molar-refractivity contribution < 1.29 is 19.1 Å². The highest BCUT2D eigenvalue weighted by Gasteiger charge is 2.29. The fraction of sp³-hybridized carbons (Fsp3) is 0.591. The van der Waals surface area contributed by atoms with Gasteiger partial charge in [-0.3, -0.25) is 19.3 Å². The van der Waals surface area contributed by atoms with E-state index in [1.165, 1.54) is 17.7 Å². The molecule has 0 unspecified atom stereocenters. The van der Waals surface area contributed by atoms with Gasteiger partial charge in [0.05, 0.1) is 5.69 Å². The Morgan fingerprint density at radius 3 is 2.53 bits per heavy atom. The fourth-order valence-electron chi connectivity index (χ4n) is 4.35. The van der Waals surface area contributed by atoms with E-state index in [1.807, 2.05) is 4.90 Å². The standard InChI is InChI=1S/C22H30N4O4/c27-20(23-8-5-11-24-9-1-2-10-24)15-26-18-14-17(22(29)25-12-3-4-13-25)6-7-19(18)30-16-21(26)28/h6-7,14H,1-5,8-13,15-16H2,(H,23,27). The van der Waals surface area contributed by atoms with Gasteiger partial charge in [-0.15, -0.1) is 0 Å². The predicted octanol–water partition coefficient (Wildman–Crippen LogP) is 1.25. The van der Waals surface area contributed by atoms with Gasteiger partial charge in [-0.25, -0.2) is 0 Å². The van der Waals surface area contributed by atoms with E-state index in [0.29, 0.717) is 23.5 Å². The summed E-state index contributed by atoms with van der Waals surface area (Å²) in [5.74, 6) is 0.00317. The Bertz CT molecular complexity index is 800. The molecule has 30 heavy (non-hydrogen) atoms. The van der Waals surface area contributed by atoms with Crippen LogP contribution in [0, 0.1) is 0 Å². The molecule has 1 aromatic rings. The lowest BCUT2D eigenvalue weighted by atomic mass is 10.1. The van der Waals surface area contributed by atoms with Crippen LogP contribution in [0.25, 0.3) is 0 Å². The van der Waals surface area contributed by atoms with E-state index < -0.39 is 0 Å². The van der Waals surface area contributed by atoms with Crippen molar-refractivity contribution in [3.05, 3.63) is 23.8 Å². The molecule has 162 valence electrons. The summed E-state index contributed by atoms with van der Waals surface area (Å²) in [7, 11) is 0. The zero-order valence-electron chi connectivity index (χ0n) is 17.4. The van der Waals surface area contributed by atoms with E-state index in [4.69, 9.17) is 4.74 Å². The van der Waals surface area contributed by atoms with Crippen LogP contribution in [0.2, 0.25) is 0 Å². The molecule has 8 heteroatoms. The lowest BCUT2D eigenvalue weighted by Crippen LogP contribution is -2.45. The summed E-state index contributed by atoms with van der Waals surface area (Å²) in [5.41, 5.74) is 1.01. The van der Waals surface area contributed by atoms with Crippen LogP contribution in [0.3, 0.4) is 0 Å². The summed E-state index contributed by atoms with van der Waals surface area (Å²) in [6.07, 6.45) is 5.44. The smallest absolute Gasteiger partial charge is 0.265 e. The van der Waals surface area contributed by atoms with Crippen molar-refractivity contribution in [2.75, 3.05) is 57.3 Å². The first-order valence-corrected chi connectivity index (χ1v) is 11.0. The molecule has 3 aliphatic heterocycles. The molecular formula is C22H30N4O4. The van der Waals surface area contributed by atoms with Crippen LogP contribution in [0.1, 0.15) is 42.5 Å². The van der Waals surface area contributed by atoms with E-state index in [0.717, 1.165) is 52.0 Å². The quantitative estimate of drug-likeness (QED) is 0.679. The van der Waals surface area contributed by atoms with Gasteiger partial charge < -0.3 is 19.9 Å². The molecule has 4 rings (SSSR count). The number of carbonyl (C=O) groups excluding carboxylic acids is 3. The summed E-state index contributed by atoms with van der Waals surface area (Å²) in [5, 5.41) is 2.91. The number of nitrogens with one attached hydrogen (secondary N) is 1. The van der Waals surface area contributed by atoms with Gasteiger partial charge in [0, 0.05) is 25.2 Å². The maximum absolute atomic E-state index is 12.7. The Kier molecular flexibility index (Phi) is 6.52. The number of ether oxygens (including phenoxy) is 1. The third-order valence-corrected chi connectivity index (χ3v) is 6.02. The molecule has 0 aromatic heterocycles. The molecule has 0 radical (unpaired) electrons. The number of rotatable bonds is 7. The molecule has 0 spiro atoms. The normalized spacial score (nSPS) is 19.0. The Morgan fingerprint density at radius 1 is 1.03 bits per heavy atom. The lowest BCUT2D eigenvalue weighted by molar-refractivity contribution is -0.125. The Hall–Kier alpha value is -2.61. The first-order valence-electron chi connectivity index (χ1n) is 11.0. The van der Waals surface area contributed by atoms with Gasteiger partial charge in [0.15, 0.2) is 6.61 Å². The third kappa shape index (κ3) is 4.75. The molecule has 1 aromatic carbocycles. The summed E-state index contributed by atoms with van der Waals surface area (Å²) in [4.78, 5) is 43.3. The molecule has 0 aliphatic carbocycles. The number of carbonyl (C=O) groups is 3. The fourth-order valence-corrected chi connectivity index (χ4v) is 4.35. The van der Waals surface area contributed by atoms with Gasteiger partial charge in [0.2, 0.25) is 5.91 Å². The minimum absolute atomic E-state index is 0.0420. The summed E-state index contributed by atoms with van der Waals surface area (Å²) >= 11 is 0. The average molecular weight is 415 g/mol. The minimum Gasteiger partial charge on any atom is -0.482 e. The largest absolute Gasteiger partial charge is 0.482 e. The predicted molar refractivity (Wildman–Crippen MR) is 113 cm³/mol. The van der Waals surface area contributed by atoms with Crippen molar-refractivity contribution >= 4 is 23.4 Å². The minimum atomic E-state index is -0.277. The number of hydrogen-bond acceptors (Lipinski definition) is 5. The van der Waals surface area contributed by atoms with Crippen LogP contribution in [0.5, 0.6) is 5.75 Å². The van der Waals surface area contributed by atoms with Crippen LogP contribution in [0.4, 0.5) is 5.69 Å². The topological polar surface area (TPSA) is 82.2 Å². The van der Waals surface area contributed by atoms with E-state index in [-0.39, 0.29) is 30.9 Å². The summed E-state index contributed by atoms with van der Waals surface area (Å²) < 4.78 is 5.51. The second kappa shape index (κ2) is 9.47. The van der Waals surface area contributed by atoms with Gasteiger partial charge in [-0.05, 0) is 69.9 Å². The number of amides is 3. The lowest BCUT2D eigenvalue weighted by Gasteiger charge is -2.29. The first-order chi connectivity index (χ1) is 14.6. The van der Waals surface area contributed by atoms with Crippen molar-refractivity contribution in [3.63, 3.8) is 0 Å². The molecule has 2 saturated heterocycles. The van der Waals surface area contributed by atoms with E-state index >= 15 is 0 Å². The van der Waals surface area contributed by atoms with Crippen LogP contribution >= 0.6 is 0 Å². The van der Waals surface area contributed by atoms with Crippen molar-refractivity contribution in [1.29, 1.82) is 0 Å². The zero-order valence-corrected chi connectivity index (χ0v) is 17.4. The number of likely N-dealkylation sites (tertiary alicyclic amines) is 2. The SMILES string of the molecule is O=C(CN1C(=O)COc2ccc(C(=O)N3CCCC3)cc21)NCCCN1CCCC1. The van der Waals surface area contributed by atoms with Gasteiger partial charge >= 0.3 is 0 Å². The maximum atomic E-state index is 12.7. The molecule has 3 aliphatic rings. The zero-order chi connectivity index (χ0) is 20.9. The van der Waals surface area contributed by atoms with Gasteiger partial charge in [0.1, 0.15) is 12.3 Å². The average Bonchev–Trinajstić information content (AvgIpc) is 3.47. The monoisotopic (exact) mass is 414 g/mol. The Morgan fingerprint density at radius 2 is 1.77 bits per heavy atom. The number of anilines is 1. The van der Waals surface area contributed by atoms with Crippen LogP contribution in [-0.4, -0.2) is 79.9 Å². The summed E-state index contributed by atoms with van der Waals surface area (Å²) in [6, 6.07) is 5.12. The van der Waals surface area contributed by atoms with Crippen LogP contribution in [-0.2, 0) is 9.59 Å². The number of benzene rings is 1. The number of hydrogen-bond donors (Lipinski definition) is 1. The molecule has 0 atom stereocenters. The van der Waals surface area contributed by atoms with Gasteiger partial charge in [-0.2, -0.15) is 0 Å².